The van der Waals surface area contributed by atoms with E-state index in [0.717, 1.165) is 18.7 Å². The molecule has 0 bridgehead atoms. The predicted molar refractivity (Wildman–Crippen MR) is 83.6 cm³/mol. The van der Waals surface area contributed by atoms with Gasteiger partial charge in [-0.25, -0.2) is 4.68 Å². The fourth-order valence-electron chi connectivity index (χ4n) is 2.88. The third-order valence-electron chi connectivity index (χ3n) is 4.16. The van der Waals surface area contributed by atoms with Gasteiger partial charge in [0.2, 0.25) is 0 Å². The van der Waals surface area contributed by atoms with Gasteiger partial charge in [0.25, 0.3) is 0 Å². The van der Waals surface area contributed by atoms with Crippen molar-refractivity contribution in [1.29, 1.82) is 0 Å². The number of hydrogen-bond donors (Lipinski definition) is 1. The second-order valence-electron chi connectivity index (χ2n) is 5.78. The Labute approximate surface area is 126 Å². The summed E-state index contributed by atoms with van der Waals surface area (Å²) in [4.78, 5) is 0. The topological polar surface area (TPSA) is 39.1 Å². The lowest BCUT2D eigenvalue weighted by Crippen LogP contribution is -2.38. The monoisotopic (exact) mass is 285 g/mol. The molecule has 1 saturated heterocycles. The van der Waals surface area contributed by atoms with E-state index in [1.54, 1.807) is 0 Å². The molecule has 0 spiro atoms. The summed E-state index contributed by atoms with van der Waals surface area (Å²) in [7, 11) is 0. The SMILES string of the molecule is CC(NC(C)C1CCCO1)c1cnn(-c2ccccc2)c1. The standard InChI is InChI=1S/C17H23N3O/c1-13(19-14(2)17-9-6-10-21-17)15-11-18-20(12-15)16-7-4-3-5-8-16/h3-5,7-8,11-14,17,19H,6,9-10H2,1-2H3. The number of para-hydroxylation sites is 1. The number of nitrogens with zero attached hydrogens (tertiary/aromatic N) is 2. The summed E-state index contributed by atoms with van der Waals surface area (Å²) >= 11 is 0. The van der Waals surface area contributed by atoms with Crippen molar-refractivity contribution >= 4 is 0 Å². The van der Waals surface area contributed by atoms with Gasteiger partial charge in [0.15, 0.2) is 0 Å². The van der Waals surface area contributed by atoms with Crippen LogP contribution in [0.4, 0.5) is 0 Å². The van der Waals surface area contributed by atoms with E-state index in [-0.39, 0.29) is 6.04 Å². The number of rotatable bonds is 5. The molecule has 1 N–H and O–H groups in total. The molecule has 4 nitrogen and oxygen atoms in total. The lowest BCUT2D eigenvalue weighted by Gasteiger charge is -2.23. The van der Waals surface area contributed by atoms with Gasteiger partial charge in [-0.2, -0.15) is 5.10 Å². The maximum atomic E-state index is 5.74. The van der Waals surface area contributed by atoms with Crippen LogP contribution in [0, 0.1) is 0 Å². The molecular weight excluding hydrogens is 262 g/mol. The van der Waals surface area contributed by atoms with Crippen LogP contribution in [0.25, 0.3) is 5.69 Å². The second-order valence-corrected chi connectivity index (χ2v) is 5.78. The average Bonchev–Trinajstić information content (AvgIpc) is 3.20. The molecule has 1 aromatic heterocycles. The van der Waals surface area contributed by atoms with Crippen molar-refractivity contribution in [3.05, 3.63) is 48.3 Å². The van der Waals surface area contributed by atoms with Gasteiger partial charge in [0.1, 0.15) is 0 Å². The van der Waals surface area contributed by atoms with E-state index in [9.17, 15) is 0 Å². The Balaban J connectivity index is 1.65. The Bertz CT molecular complexity index is 560. The summed E-state index contributed by atoms with van der Waals surface area (Å²) < 4.78 is 7.66. The molecule has 0 saturated carbocycles. The van der Waals surface area contributed by atoms with Crippen LogP contribution >= 0.6 is 0 Å². The summed E-state index contributed by atoms with van der Waals surface area (Å²) in [6, 6.07) is 10.8. The Hall–Kier alpha value is -1.65. The molecule has 3 atom stereocenters. The Morgan fingerprint density at radius 3 is 2.81 bits per heavy atom. The van der Waals surface area contributed by atoms with Gasteiger partial charge in [0, 0.05) is 30.5 Å². The summed E-state index contributed by atoms with van der Waals surface area (Å²) in [5.74, 6) is 0. The zero-order chi connectivity index (χ0) is 14.7. The molecular formula is C17H23N3O. The first-order valence-corrected chi connectivity index (χ1v) is 7.71. The highest BCUT2D eigenvalue weighted by atomic mass is 16.5. The Morgan fingerprint density at radius 2 is 2.10 bits per heavy atom. The molecule has 3 rings (SSSR count). The number of hydrogen-bond acceptors (Lipinski definition) is 3. The molecule has 0 amide bonds. The minimum Gasteiger partial charge on any atom is -0.377 e. The Kier molecular flexibility index (Phi) is 4.36. The van der Waals surface area contributed by atoms with Crippen LogP contribution in [0.3, 0.4) is 0 Å². The van der Waals surface area contributed by atoms with Crippen molar-refractivity contribution in [2.24, 2.45) is 0 Å². The van der Waals surface area contributed by atoms with Gasteiger partial charge in [-0.3, -0.25) is 0 Å². The molecule has 2 heterocycles. The van der Waals surface area contributed by atoms with Gasteiger partial charge in [-0.05, 0) is 38.8 Å². The van der Waals surface area contributed by atoms with Crippen LogP contribution in [-0.4, -0.2) is 28.5 Å². The highest BCUT2D eigenvalue weighted by molar-refractivity contribution is 5.31. The summed E-state index contributed by atoms with van der Waals surface area (Å²) in [6.45, 7) is 5.28. The van der Waals surface area contributed by atoms with E-state index in [2.05, 4.69) is 42.6 Å². The molecule has 1 aliphatic rings. The Morgan fingerprint density at radius 1 is 1.29 bits per heavy atom. The molecule has 21 heavy (non-hydrogen) atoms. The van der Waals surface area contributed by atoms with E-state index in [4.69, 9.17) is 4.74 Å². The maximum absolute atomic E-state index is 5.74. The van der Waals surface area contributed by atoms with Crippen LogP contribution in [0.15, 0.2) is 42.7 Å². The smallest absolute Gasteiger partial charge is 0.0726 e. The molecule has 112 valence electrons. The zero-order valence-corrected chi connectivity index (χ0v) is 12.7. The minimum absolute atomic E-state index is 0.265. The van der Waals surface area contributed by atoms with Crippen LogP contribution in [0.5, 0.6) is 0 Å². The summed E-state index contributed by atoms with van der Waals surface area (Å²) in [5, 5.41) is 8.08. The van der Waals surface area contributed by atoms with Crippen molar-refractivity contribution in [3.8, 4) is 5.69 Å². The molecule has 3 unspecified atom stereocenters. The van der Waals surface area contributed by atoms with E-state index in [1.807, 2.05) is 29.1 Å². The minimum atomic E-state index is 0.265. The number of aromatic nitrogens is 2. The van der Waals surface area contributed by atoms with Crippen LogP contribution in [-0.2, 0) is 4.74 Å². The van der Waals surface area contributed by atoms with Gasteiger partial charge in [0.05, 0.1) is 18.0 Å². The lowest BCUT2D eigenvalue weighted by atomic mass is 10.1. The highest BCUT2D eigenvalue weighted by Crippen LogP contribution is 2.19. The molecule has 0 aliphatic carbocycles. The van der Waals surface area contributed by atoms with Crippen molar-refractivity contribution < 1.29 is 4.74 Å². The molecule has 0 radical (unpaired) electrons. The average molecular weight is 285 g/mol. The molecule has 1 aromatic carbocycles. The number of nitrogens with one attached hydrogen (secondary N) is 1. The predicted octanol–water partition coefficient (Wildman–Crippen LogP) is 3.09. The third kappa shape index (κ3) is 3.34. The molecule has 2 aromatic rings. The van der Waals surface area contributed by atoms with E-state index >= 15 is 0 Å². The summed E-state index contributed by atoms with van der Waals surface area (Å²) in [6.07, 6.45) is 6.71. The third-order valence-corrected chi connectivity index (χ3v) is 4.16. The van der Waals surface area contributed by atoms with E-state index < -0.39 is 0 Å². The molecule has 1 aliphatic heterocycles. The fourth-order valence-corrected chi connectivity index (χ4v) is 2.88. The first kappa shape index (κ1) is 14.3. The van der Waals surface area contributed by atoms with Crippen LogP contribution in [0.2, 0.25) is 0 Å². The molecule has 4 heteroatoms. The van der Waals surface area contributed by atoms with Crippen molar-refractivity contribution in [3.63, 3.8) is 0 Å². The molecule has 1 fully saturated rings. The van der Waals surface area contributed by atoms with Crippen LogP contribution in [0.1, 0.15) is 38.3 Å². The second kappa shape index (κ2) is 6.41. The first-order chi connectivity index (χ1) is 10.2. The fraction of sp³-hybridized carbons (Fsp3) is 0.471. The van der Waals surface area contributed by atoms with E-state index in [1.165, 1.54) is 12.0 Å². The zero-order valence-electron chi connectivity index (χ0n) is 12.7. The maximum Gasteiger partial charge on any atom is 0.0726 e. The quantitative estimate of drug-likeness (QED) is 0.917. The van der Waals surface area contributed by atoms with Gasteiger partial charge < -0.3 is 10.1 Å². The van der Waals surface area contributed by atoms with Gasteiger partial charge in [-0.1, -0.05) is 18.2 Å². The normalized spacial score (nSPS) is 21.3. The van der Waals surface area contributed by atoms with E-state index in [0.29, 0.717) is 12.1 Å². The van der Waals surface area contributed by atoms with Crippen LogP contribution < -0.4 is 5.32 Å². The van der Waals surface area contributed by atoms with Crippen molar-refractivity contribution in [1.82, 2.24) is 15.1 Å². The van der Waals surface area contributed by atoms with Gasteiger partial charge in [-0.15, -0.1) is 0 Å². The van der Waals surface area contributed by atoms with Crippen molar-refractivity contribution in [2.75, 3.05) is 6.61 Å². The summed E-state index contributed by atoms with van der Waals surface area (Å²) in [5.41, 5.74) is 2.28. The first-order valence-electron chi connectivity index (χ1n) is 7.71. The number of ether oxygens (including phenoxy) is 1. The largest absolute Gasteiger partial charge is 0.377 e. The number of benzene rings is 1. The highest BCUT2D eigenvalue weighted by Gasteiger charge is 2.23. The lowest BCUT2D eigenvalue weighted by molar-refractivity contribution is 0.0804. The van der Waals surface area contributed by atoms with Crippen molar-refractivity contribution in [2.45, 2.75) is 44.9 Å². The van der Waals surface area contributed by atoms with Gasteiger partial charge >= 0.3 is 0 Å².